The van der Waals surface area contributed by atoms with Gasteiger partial charge in [0.15, 0.2) is 6.17 Å². The van der Waals surface area contributed by atoms with Crippen LogP contribution < -0.4 is 0 Å². The molecule has 0 saturated heterocycles. The Morgan fingerprint density at radius 2 is 2.07 bits per heavy atom. The molecule has 0 heterocycles. The van der Waals surface area contributed by atoms with Gasteiger partial charge in [0.05, 0.1) is 5.56 Å². The van der Waals surface area contributed by atoms with Crippen LogP contribution in [0.15, 0.2) is 36.9 Å². The van der Waals surface area contributed by atoms with Gasteiger partial charge >= 0.3 is 5.97 Å². The number of halogens is 2. The van der Waals surface area contributed by atoms with Crippen LogP contribution in [0, 0.1) is 5.82 Å². The SMILES string of the molecule is C=CC(F)COC(=O)c1ccc(F)cc1. The fraction of sp³-hybridized carbons (Fsp3) is 0.182. The Morgan fingerprint density at radius 3 is 2.60 bits per heavy atom. The van der Waals surface area contributed by atoms with E-state index in [1.165, 1.54) is 12.1 Å². The molecule has 0 saturated carbocycles. The standard InChI is InChI=1S/C11H10F2O2/c1-2-9(12)7-15-11(14)8-3-5-10(13)6-4-8/h2-6,9H,1,7H2. The van der Waals surface area contributed by atoms with E-state index in [1.807, 2.05) is 0 Å². The van der Waals surface area contributed by atoms with Crippen molar-refractivity contribution in [1.82, 2.24) is 0 Å². The highest BCUT2D eigenvalue weighted by Gasteiger charge is 2.09. The van der Waals surface area contributed by atoms with Crippen molar-refractivity contribution in [3.8, 4) is 0 Å². The number of esters is 1. The summed E-state index contributed by atoms with van der Waals surface area (Å²) in [5.74, 6) is -1.12. The van der Waals surface area contributed by atoms with Crippen LogP contribution in [0.25, 0.3) is 0 Å². The van der Waals surface area contributed by atoms with Crippen LogP contribution >= 0.6 is 0 Å². The Kier molecular flexibility index (Phi) is 3.97. The molecule has 1 aromatic carbocycles. The van der Waals surface area contributed by atoms with Crippen LogP contribution in [0.2, 0.25) is 0 Å². The molecule has 0 spiro atoms. The molecule has 0 radical (unpaired) electrons. The number of benzene rings is 1. The van der Waals surface area contributed by atoms with Crippen molar-refractivity contribution in [2.45, 2.75) is 6.17 Å². The number of hydrogen-bond acceptors (Lipinski definition) is 2. The molecule has 15 heavy (non-hydrogen) atoms. The minimum absolute atomic E-state index is 0.188. The van der Waals surface area contributed by atoms with E-state index in [1.54, 1.807) is 0 Å². The highest BCUT2D eigenvalue weighted by atomic mass is 19.1. The lowest BCUT2D eigenvalue weighted by Crippen LogP contribution is -2.13. The molecule has 0 amide bonds. The van der Waals surface area contributed by atoms with Crippen LogP contribution in [-0.2, 0) is 4.74 Å². The summed E-state index contributed by atoms with van der Waals surface area (Å²) >= 11 is 0. The van der Waals surface area contributed by atoms with Crippen molar-refractivity contribution in [1.29, 1.82) is 0 Å². The fourth-order valence-corrected chi connectivity index (χ4v) is 0.893. The molecule has 1 aromatic rings. The van der Waals surface area contributed by atoms with Crippen LogP contribution in [0.3, 0.4) is 0 Å². The molecule has 0 bridgehead atoms. The topological polar surface area (TPSA) is 26.3 Å². The first kappa shape index (κ1) is 11.4. The molecule has 1 unspecified atom stereocenters. The molecule has 1 rings (SSSR count). The maximum absolute atomic E-state index is 12.6. The molecule has 4 heteroatoms. The van der Waals surface area contributed by atoms with E-state index in [4.69, 9.17) is 0 Å². The van der Waals surface area contributed by atoms with E-state index in [0.717, 1.165) is 18.2 Å². The average molecular weight is 212 g/mol. The van der Waals surface area contributed by atoms with Gasteiger partial charge in [-0.2, -0.15) is 0 Å². The van der Waals surface area contributed by atoms with Gasteiger partial charge in [-0.05, 0) is 24.3 Å². The van der Waals surface area contributed by atoms with Crippen molar-refractivity contribution >= 4 is 5.97 Å². The highest BCUT2D eigenvalue weighted by molar-refractivity contribution is 5.89. The van der Waals surface area contributed by atoms with E-state index < -0.39 is 18.0 Å². The Labute approximate surface area is 86.2 Å². The lowest BCUT2D eigenvalue weighted by molar-refractivity contribution is 0.0437. The zero-order chi connectivity index (χ0) is 11.3. The Balaban J connectivity index is 2.54. The summed E-state index contributed by atoms with van der Waals surface area (Å²) < 4.78 is 29.7. The van der Waals surface area contributed by atoms with E-state index in [-0.39, 0.29) is 12.2 Å². The number of carbonyl (C=O) groups is 1. The Morgan fingerprint density at radius 1 is 1.47 bits per heavy atom. The second-order valence-corrected chi connectivity index (χ2v) is 2.86. The molecule has 1 atom stereocenters. The van der Waals surface area contributed by atoms with Gasteiger partial charge in [-0.25, -0.2) is 13.6 Å². The highest BCUT2D eigenvalue weighted by Crippen LogP contribution is 2.05. The second kappa shape index (κ2) is 5.24. The smallest absolute Gasteiger partial charge is 0.338 e. The van der Waals surface area contributed by atoms with E-state index >= 15 is 0 Å². The number of ether oxygens (including phenoxy) is 1. The normalized spacial score (nSPS) is 11.9. The van der Waals surface area contributed by atoms with E-state index in [2.05, 4.69) is 11.3 Å². The maximum Gasteiger partial charge on any atom is 0.338 e. The number of carbonyl (C=O) groups excluding carboxylic acids is 1. The van der Waals surface area contributed by atoms with Crippen molar-refractivity contribution < 1.29 is 18.3 Å². The third kappa shape index (κ3) is 3.50. The van der Waals surface area contributed by atoms with Gasteiger partial charge in [0.25, 0.3) is 0 Å². The molecular weight excluding hydrogens is 202 g/mol. The number of alkyl halides is 1. The van der Waals surface area contributed by atoms with Crippen LogP contribution in [0.4, 0.5) is 8.78 Å². The lowest BCUT2D eigenvalue weighted by atomic mass is 10.2. The van der Waals surface area contributed by atoms with E-state index in [9.17, 15) is 13.6 Å². The second-order valence-electron chi connectivity index (χ2n) is 2.86. The monoisotopic (exact) mass is 212 g/mol. The first-order valence-electron chi connectivity index (χ1n) is 4.33. The molecule has 0 aliphatic heterocycles. The van der Waals surface area contributed by atoms with Crippen molar-refractivity contribution in [2.75, 3.05) is 6.61 Å². The quantitative estimate of drug-likeness (QED) is 0.566. The first-order chi connectivity index (χ1) is 7.13. The van der Waals surface area contributed by atoms with Crippen LogP contribution in [0.1, 0.15) is 10.4 Å². The molecule has 0 N–H and O–H groups in total. The Hall–Kier alpha value is -1.71. The third-order valence-electron chi connectivity index (χ3n) is 1.71. The van der Waals surface area contributed by atoms with Gasteiger partial charge in [-0.3, -0.25) is 0 Å². The van der Waals surface area contributed by atoms with E-state index in [0.29, 0.717) is 0 Å². The van der Waals surface area contributed by atoms with Gasteiger partial charge in [0, 0.05) is 0 Å². The maximum atomic E-state index is 12.6. The summed E-state index contributed by atoms with van der Waals surface area (Å²) in [6.45, 7) is 2.83. The van der Waals surface area contributed by atoms with Gasteiger partial charge in [0.2, 0.25) is 0 Å². The fourth-order valence-electron chi connectivity index (χ4n) is 0.893. The molecule has 2 nitrogen and oxygen atoms in total. The van der Waals surface area contributed by atoms with Crippen molar-refractivity contribution in [3.05, 3.63) is 48.3 Å². The summed E-state index contributed by atoms with van der Waals surface area (Å²) in [5, 5.41) is 0. The predicted octanol–water partition coefficient (Wildman–Crippen LogP) is 2.51. The molecule has 0 aliphatic carbocycles. The molecular formula is C11H10F2O2. The predicted molar refractivity (Wildman–Crippen MR) is 51.8 cm³/mol. The van der Waals surface area contributed by atoms with Crippen molar-refractivity contribution in [2.24, 2.45) is 0 Å². The van der Waals surface area contributed by atoms with Crippen LogP contribution in [0.5, 0.6) is 0 Å². The van der Waals surface area contributed by atoms with Gasteiger partial charge in [0.1, 0.15) is 12.4 Å². The summed E-state index contributed by atoms with van der Waals surface area (Å²) in [6.07, 6.45) is -0.341. The van der Waals surface area contributed by atoms with Gasteiger partial charge in [-0.1, -0.05) is 6.08 Å². The summed E-state index contributed by atoms with van der Waals surface area (Å²) in [6, 6.07) is 4.83. The largest absolute Gasteiger partial charge is 0.459 e. The molecule has 0 aromatic heterocycles. The van der Waals surface area contributed by atoms with Crippen molar-refractivity contribution in [3.63, 3.8) is 0 Å². The van der Waals surface area contributed by atoms with Gasteiger partial charge in [-0.15, -0.1) is 6.58 Å². The zero-order valence-corrected chi connectivity index (χ0v) is 7.95. The van der Waals surface area contributed by atoms with Gasteiger partial charge < -0.3 is 4.74 Å². The average Bonchev–Trinajstić information content (AvgIpc) is 2.26. The third-order valence-corrected chi connectivity index (χ3v) is 1.71. The minimum Gasteiger partial charge on any atom is -0.459 e. The summed E-state index contributed by atoms with van der Waals surface area (Å²) in [7, 11) is 0. The summed E-state index contributed by atoms with van der Waals surface area (Å²) in [5.41, 5.74) is 0.188. The lowest BCUT2D eigenvalue weighted by Gasteiger charge is -2.05. The number of hydrogen-bond donors (Lipinski definition) is 0. The summed E-state index contributed by atoms with van der Waals surface area (Å²) in [4.78, 5) is 11.2. The Bertz CT molecular complexity index is 346. The number of rotatable bonds is 4. The molecule has 0 aliphatic rings. The molecule has 0 fully saturated rings. The first-order valence-corrected chi connectivity index (χ1v) is 4.33. The minimum atomic E-state index is -1.38. The molecule has 80 valence electrons. The zero-order valence-electron chi connectivity index (χ0n) is 7.95. The van der Waals surface area contributed by atoms with Crippen LogP contribution in [-0.4, -0.2) is 18.7 Å².